The summed E-state index contributed by atoms with van der Waals surface area (Å²) < 4.78 is 1.00. The van der Waals surface area contributed by atoms with Crippen molar-refractivity contribution in [2.45, 2.75) is 0 Å². The summed E-state index contributed by atoms with van der Waals surface area (Å²) in [4.78, 5) is 22.8. The Morgan fingerprint density at radius 3 is 2.63 bits per heavy atom. The second-order valence-corrected chi connectivity index (χ2v) is 6.81. The van der Waals surface area contributed by atoms with Gasteiger partial charge in [-0.15, -0.1) is 11.3 Å². The van der Waals surface area contributed by atoms with Crippen LogP contribution in [0.3, 0.4) is 0 Å². The number of hydrogen-bond acceptors (Lipinski definition) is 3. The van der Waals surface area contributed by atoms with Gasteiger partial charge in [0, 0.05) is 11.1 Å². The summed E-state index contributed by atoms with van der Waals surface area (Å²) in [6.07, 6.45) is 0. The lowest BCUT2D eigenvalue weighted by Gasteiger charge is -2.06. The van der Waals surface area contributed by atoms with Gasteiger partial charge in [-0.25, -0.2) is 4.79 Å². The number of thiophene rings is 1. The van der Waals surface area contributed by atoms with Gasteiger partial charge < -0.3 is 10.4 Å². The van der Waals surface area contributed by atoms with Gasteiger partial charge in [0.05, 0.1) is 19.0 Å². The first-order chi connectivity index (χ1) is 8.97. The molecule has 1 aromatic heterocycles. The van der Waals surface area contributed by atoms with Crippen molar-refractivity contribution in [1.82, 2.24) is 0 Å². The van der Waals surface area contributed by atoms with Crippen LogP contribution in [-0.4, -0.2) is 17.0 Å². The number of halogens is 2. The summed E-state index contributed by atoms with van der Waals surface area (Å²) in [5.41, 5.74) is 0.897. The fourth-order valence-electron chi connectivity index (χ4n) is 1.40. The smallest absolute Gasteiger partial charge is 0.337 e. The number of carboxylic acid groups (broad SMARTS) is 1. The highest BCUT2D eigenvalue weighted by Gasteiger charge is 2.12. The van der Waals surface area contributed by atoms with Crippen molar-refractivity contribution in [3.63, 3.8) is 0 Å². The number of anilines is 1. The van der Waals surface area contributed by atoms with Crippen LogP contribution in [0, 0.1) is 2.88 Å². The maximum Gasteiger partial charge on any atom is 0.337 e. The highest BCUT2D eigenvalue weighted by atomic mass is 127. The lowest BCUT2D eigenvalue weighted by Crippen LogP contribution is -2.11. The summed E-state index contributed by atoms with van der Waals surface area (Å²) in [6.45, 7) is 0. The third-order valence-corrected chi connectivity index (χ3v) is 4.40. The lowest BCUT2D eigenvalue weighted by molar-refractivity contribution is 0.0696. The Labute approximate surface area is 131 Å². The Morgan fingerprint density at radius 1 is 1.32 bits per heavy atom. The average Bonchev–Trinajstić information content (AvgIpc) is 2.78. The Balaban J connectivity index is 2.22. The van der Waals surface area contributed by atoms with Crippen molar-refractivity contribution in [2.24, 2.45) is 0 Å². The van der Waals surface area contributed by atoms with Crippen LogP contribution in [-0.2, 0) is 0 Å². The van der Waals surface area contributed by atoms with Gasteiger partial charge in [-0.1, -0.05) is 11.6 Å². The van der Waals surface area contributed by atoms with E-state index in [4.69, 9.17) is 16.7 Å². The normalized spacial score (nSPS) is 10.2. The van der Waals surface area contributed by atoms with Gasteiger partial charge in [0.2, 0.25) is 0 Å². The molecule has 1 amide bonds. The van der Waals surface area contributed by atoms with Crippen LogP contribution in [0.2, 0.25) is 5.02 Å². The molecule has 1 heterocycles. The van der Waals surface area contributed by atoms with E-state index in [1.165, 1.54) is 23.5 Å². The van der Waals surface area contributed by atoms with E-state index in [1.807, 2.05) is 0 Å². The minimum absolute atomic E-state index is 0.0423. The number of aromatic carboxylic acids is 1. The molecule has 0 spiro atoms. The monoisotopic (exact) mass is 407 g/mol. The van der Waals surface area contributed by atoms with E-state index < -0.39 is 5.97 Å². The van der Waals surface area contributed by atoms with Crippen molar-refractivity contribution < 1.29 is 14.7 Å². The van der Waals surface area contributed by atoms with Crippen LogP contribution in [0.15, 0.2) is 29.6 Å². The van der Waals surface area contributed by atoms with E-state index in [0.717, 1.165) is 2.88 Å². The molecule has 0 fully saturated rings. The second kappa shape index (κ2) is 5.89. The number of carboxylic acids is 1. The minimum atomic E-state index is -1.13. The number of nitrogens with one attached hydrogen (secondary N) is 1. The van der Waals surface area contributed by atoms with Crippen LogP contribution in [0.1, 0.15) is 20.7 Å². The van der Waals surface area contributed by atoms with Crippen LogP contribution in [0.5, 0.6) is 0 Å². The molecule has 0 saturated carbocycles. The van der Waals surface area contributed by atoms with Crippen LogP contribution < -0.4 is 5.32 Å². The Hall–Kier alpha value is -1.12. The van der Waals surface area contributed by atoms with E-state index in [0.29, 0.717) is 11.3 Å². The van der Waals surface area contributed by atoms with E-state index in [-0.39, 0.29) is 16.5 Å². The predicted molar refractivity (Wildman–Crippen MR) is 83.4 cm³/mol. The minimum Gasteiger partial charge on any atom is -0.478 e. The van der Waals surface area contributed by atoms with Crippen molar-refractivity contribution in [1.29, 1.82) is 0 Å². The maximum absolute atomic E-state index is 11.9. The first-order valence-corrected chi connectivity index (χ1v) is 7.39. The van der Waals surface area contributed by atoms with Gasteiger partial charge in [0.1, 0.15) is 0 Å². The summed E-state index contributed by atoms with van der Waals surface area (Å²) in [7, 11) is 0. The first-order valence-electron chi connectivity index (χ1n) is 5.05. The molecule has 0 atom stereocenters. The third kappa shape index (κ3) is 3.46. The topological polar surface area (TPSA) is 66.4 Å². The van der Waals surface area contributed by atoms with Gasteiger partial charge in [0.25, 0.3) is 5.91 Å². The molecule has 0 bridgehead atoms. The molecule has 0 saturated heterocycles. The largest absolute Gasteiger partial charge is 0.478 e. The first kappa shape index (κ1) is 14.3. The molecule has 4 nitrogen and oxygen atoms in total. The standard InChI is InChI=1S/C12H7ClINO3S/c13-9-2-1-7(4-8(9)12(17)18)15-11(16)6-3-10(14)19-5-6/h1-5H,(H,15,16)(H,17,18). The van der Waals surface area contributed by atoms with E-state index >= 15 is 0 Å². The van der Waals surface area contributed by atoms with Gasteiger partial charge in [0.15, 0.2) is 0 Å². The molecule has 2 aromatic rings. The van der Waals surface area contributed by atoms with Gasteiger partial charge >= 0.3 is 5.97 Å². The van der Waals surface area contributed by atoms with Gasteiger partial charge in [-0.05, 0) is 46.9 Å². The Bertz CT molecular complexity index is 656. The molecule has 98 valence electrons. The predicted octanol–water partition coefficient (Wildman–Crippen LogP) is 3.96. The summed E-state index contributed by atoms with van der Waals surface area (Å²) in [5.74, 6) is -1.41. The SMILES string of the molecule is O=C(Nc1ccc(Cl)c(C(=O)O)c1)c1csc(I)c1. The van der Waals surface area contributed by atoms with Crippen LogP contribution >= 0.6 is 45.5 Å². The molecule has 7 heteroatoms. The zero-order valence-corrected chi connectivity index (χ0v) is 13.0. The fraction of sp³-hybridized carbons (Fsp3) is 0. The van der Waals surface area contributed by atoms with Gasteiger partial charge in [-0.2, -0.15) is 0 Å². The third-order valence-electron chi connectivity index (χ3n) is 2.28. The number of benzene rings is 1. The number of amides is 1. The van der Waals surface area contributed by atoms with E-state index in [2.05, 4.69) is 27.9 Å². The average molecular weight is 408 g/mol. The molecule has 2 rings (SSSR count). The molecule has 2 N–H and O–H groups in total. The van der Waals surface area contributed by atoms with Crippen LogP contribution in [0.25, 0.3) is 0 Å². The maximum atomic E-state index is 11.9. The summed E-state index contributed by atoms with van der Waals surface area (Å²) in [5, 5.41) is 13.5. The molecular weight excluding hydrogens is 401 g/mol. The summed E-state index contributed by atoms with van der Waals surface area (Å²) in [6, 6.07) is 6.09. The van der Waals surface area contributed by atoms with Gasteiger partial charge in [-0.3, -0.25) is 4.79 Å². The summed E-state index contributed by atoms with van der Waals surface area (Å²) >= 11 is 9.35. The molecule has 0 aliphatic rings. The molecule has 0 radical (unpaired) electrons. The van der Waals surface area contributed by atoms with Crippen molar-refractivity contribution in [3.8, 4) is 0 Å². The molecule has 1 aromatic carbocycles. The fourth-order valence-corrected chi connectivity index (χ4v) is 2.92. The lowest BCUT2D eigenvalue weighted by atomic mass is 10.2. The van der Waals surface area contributed by atoms with Crippen molar-refractivity contribution in [2.75, 3.05) is 5.32 Å². The number of rotatable bonds is 3. The quantitative estimate of drug-likeness (QED) is 0.757. The Morgan fingerprint density at radius 2 is 2.05 bits per heavy atom. The highest BCUT2D eigenvalue weighted by molar-refractivity contribution is 14.1. The number of carbonyl (C=O) groups is 2. The van der Waals surface area contributed by atoms with E-state index in [1.54, 1.807) is 17.5 Å². The zero-order valence-electron chi connectivity index (χ0n) is 9.31. The van der Waals surface area contributed by atoms with Crippen LogP contribution in [0.4, 0.5) is 5.69 Å². The molecule has 0 aliphatic heterocycles. The second-order valence-electron chi connectivity index (χ2n) is 3.59. The number of carbonyl (C=O) groups excluding carboxylic acids is 1. The molecule has 0 unspecified atom stereocenters. The van der Waals surface area contributed by atoms with Crippen molar-refractivity contribution in [3.05, 3.63) is 48.7 Å². The van der Waals surface area contributed by atoms with E-state index in [9.17, 15) is 9.59 Å². The zero-order chi connectivity index (χ0) is 14.0. The molecule has 0 aliphatic carbocycles. The van der Waals surface area contributed by atoms with Crippen molar-refractivity contribution >= 4 is 63.1 Å². The Kier molecular flexibility index (Phi) is 4.43. The highest BCUT2D eigenvalue weighted by Crippen LogP contribution is 2.22. The molecule has 19 heavy (non-hydrogen) atoms. The number of hydrogen-bond donors (Lipinski definition) is 2. The molecular formula is C12H7ClINO3S.